The van der Waals surface area contributed by atoms with Crippen LogP contribution in [0.1, 0.15) is 29.2 Å². The molecule has 2 rings (SSSR count). The van der Waals surface area contributed by atoms with Crippen LogP contribution in [0.5, 0.6) is 0 Å². The highest BCUT2D eigenvalue weighted by Crippen LogP contribution is 2.15. The number of hydrogen-bond donors (Lipinski definition) is 1. The maximum absolute atomic E-state index is 10.6. The molecule has 1 aromatic carbocycles. The molecule has 0 fully saturated rings. The molecule has 0 spiro atoms. The van der Waals surface area contributed by atoms with Crippen LogP contribution in [0.15, 0.2) is 18.2 Å². The fourth-order valence-corrected chi connectivity index (χ4v) is 2.09. The summed E-state index contributed by atoms with van der Waals surface area (Å²) in [5.74, 6) is 0.504. The van der Waals surface area contributed by atoms with Gasteiger partial charge in [-0.25, -0.2) is 9.67 Å². The summed E-state index contributed by atoms with van der Waals surface area (Å²) < 4.78 is 1.76. The lowest BCUT2D eigenvalue weighted by molar-refractivity contribution is -0.137. The number of aliphatic carboxylic acids is 1. The number of benzene rings is 1. The zero-order chi connectivity index (χ0) is 14.0. The highest BCUT2D eigenvalue weighted by Gasteiger charge is 2.10. The van der Waals surface area contributed by atoms with Crippen molar-refractivity contribution in [3.63, 3.8) is 0 Å². The van der Waals surface area contributed by atoms with E-state index in [4.69, 9.17) is 5.11 Å². The van der Waals surface area contributed by atoms with E-state index in [1.165, 1.54) is 0 Å². The van der Waals surface area contributed by atoms with Gasteiger partial charge in [0.1, 0.15) is 5.82 Å². The van der Waals surface area contributed by atoms with Crippen molar-refractivity contribution in [2.45, 2.75) is 33.6 Å². The first kappa shape index (κ1) is 13.3. The number of rotatable bonds is 4. The molecular formula is C14H17N3O2. The van der Waals surface area contributed by atoms with Gasteiger partial charge in [0.15, 0.2) is 5.82 Å². The lowest BCUT2D eigenvalue weighted by Gasteiger charge is -2.05. The van der Waals surface area contributed by atoms with E-state index in [1.54, 1.807) is 4.68 Å². The Morgan fingerprint density at radius 2 is 1.84 bits per heavy atom. The van der Waals surface area contributed by atoms with Crippen molar-refractivity contribution < 1.29 is 9.90 Å². The Hall–Kier alpha value is -2.17. The van der Waals surface area contributed by atoms with E-state index in [9.17, 15) is 4.79 Å². The van der Waals surface area contributed by atoms with Gasteiger partial charge in [0.2, 0.25) is 0 Å². The van der Waals surface area contributed by atoms with E-state index in [0.29, 0.717) is 12.2 Å². The number of carboxylic acids is 1. The van der Waals surface area contributed by atoms with Crippen molar-refractivity contribution in [2.75, 3.05) is 0 Å². The van der Waals surface area contributed by atoms with E-state index in [2.05, 4.69) is 16.1 Å². The van der Waals surface area contributed by atoms with Gasteiger partial charge in [-0.05, 0) is 44.0 Å². The summed E-state index contributed by atoms with van der Waals surface area (Å²) >= 11 is 0. The Morgan fingerprint density at radius 1 is 1.21 bits per heavy atom. The Bertz CT molecular complexity index is 597. The summed E-state index contributed by atoms with van der Waals surface area (Å²) in [6.45, 7) is 5.94. The molecule has 0 saturated heterocycles. The third kappa shape index (κ3) is 3.19. The topological polar surface area (TPSA) is 68.0 Å². The molecule has 0 atom stereocenters. The van der Waals surface area contributed by atoms with Gasteiger partial charge in [-0.1, -0.05) is 6.07 Å². The van der Waals surface area contributed by atoms with Crippen LogP contribution in [0.2, 0.25) is 0 Å². The second-order valence-corrected chi connectivity index (χ2v) is 4.73. The number of aromatic nitrogens is 3. The van der Waals surface area contributed by atoms with Crippen molar-refractivity contribution in [3.8, 4) is 5.69 Å². The standard InChI is InChI=1S/C14H17N3O2/c1-9-6-10(2)8-12(7-9)17-11(3)15-13(16-17)4-5-14(18)19/h6-8H,4-5H2,1-3H3,(H,18,19). The van der Waals surface area contributed by atoms with Crippen molar-refractivity contribution in [2.24, 2.45) is 0 Å². The summed E-state index contributed by atoms with van der Waals surface area (Å²) in [7, 11) is 0. The van der Waals surface area contributed by atoms with Gasteiger partial charge in [0, 0.05) is 6.42 Å². The quantitative estimate of drug-likeness (QED) is 0.914. The molecule has 1 N–H and O–H groups in total. The molecule has 1 aromatic heterocycles. The van der Waals surface area contributed by atoms with Gasteiger partial charge < -0.3 is 5.11 Å². The van der Waals surface area contributed by atoms with E-state index in [1.807, 2.05) is 32.9 Å². The first-order valence-corrected chi connectivity index (χ1v) is 6.18. The number of aryl methyl sites for hydroxylation is 4. The van der Waals surface area contributed by atoms with Crippen LogP contribution in [0, 0.1) is 20.8 Å². The van der Waals surface area contributed by atoms with Gasteiger partial charge in [0.25, 0.3) is 0 Å². The summed E-state index contributed by atoms with van der Waals surface area (Å²) in [5, 5.41) is 13.1. The van der Waals surface area contributed by atoms with Gasteiger partial charge in [-0.2, -0.15) is 5.10 Å². The van der Waals surface area contributed by atoms with Crippen LogP contribution in [0.3, 0.4) is 0 Å². The highest BCUT2D eigenvalue weighted by atomic mass is 16.4. The van der Waals surface area contributed by atoms with E-state index in [0.717, 1.165) is 22.6 Å². The highest BCUT2D eigenvalue weighted by molar-refractivity contribution is 5.66. The van der Waals surface area contributed by atoms with Crippen LogP contribution >= 0.6 is 0 Å². The molecule has 0 saturated carbocycles. The Morgan fingerprint density at radius 3 is 2.42 bits per heavy atom. The minimum atomic E-state index is -0.833. The zero-order valence-corrected chi connectivity index (χ0v) is 11.3. The van der Waals surface area contributed by atoms with Crippen LogP contribution < -0.4 is 0 Å². The van der Waals surface area contributed by atoms with Gasteiger partial charge >= 0.3 is 5.97 Å². The molecule has 2 aromatic rings. The Labute approximate surface area is 111 Å². The molecule has 0 unspecified atom stereocenters. The average molecular weight is 259 g/mol. The molecule has 100 valence electrons. The van der Waals surface area contributed by atoms with Crippen LogP contribution in [-0.2, 0) is 11.2 Å². The zero-order valence-electron chi connectivity index (χ0n) is 11.3. The second-order valence-electron chi connectivity index (χ2n) is 4.73. The molecular weight excluding hydrogens is 242 g/mol. The van der Waals surface area contributed by atoms with Crippen molar-refractivity contribution in [1.29, 1.82) is 0 Å². The minimum Gasteiger partial charge on any atom is -0.481 e. The fraction of sp³-hybridized carbons (Fsp3) is 0.357. The van der Waals surface area contributed by atoms with Crippen molar-refractivity contribution in [1.82, 2.24) is 14.8 Å². The number of nitrogens with zero attached hydrogens (tertiary/aromatic N) is 3. The van der Waals surface area contributed by atoms with Crippen LogP contribution in [-0.4, -0.2) is 25.8 Å². The lowest BCUT2D eigenvalue weighted by atomic mass is 10.1. The summed E-state index contributed by atoms with van der Waals surface area (Å²) in [6.07, 6.45) is 0.407. The monoisotopic (exact) mass is 259 g/mol. The maximum atomic E-state index is 10.6. The number of hydrogen-bond acceptors (Lipinski definition) is 3. The third-order valence-corrected chi connectivity index (χ3v) is 2.83. The normalized spacial score (nSPS) is 10.7. The molecule has 0 bridgehead atoms. The molecule has 0 aliphatic rings. The molecule has 5 nitrogen and oxygen atoms in total. The third-order valence-electron chi connectivity index (χ3n) is 2.83. The first-order valence-electron chi connectivity index (χ1n) is 6.18. The Kier molecular flexibility index (Phi) is 3.64. The number of carbonyl (C=O) groups is 1. The van der Waals surface area contributed by atoms with Crippen LogP contribution in [0.4, 0.5) is 0 Å². The Balaban J connectivity index is 2.31. The minimum absolute atomic E-state index is 0.0519. The van der Waals surface area contributed by atoms with Gasteiger partial charge in [0.05, 0.1) is 12.1 Å². The van der Waals surface area contributed by atoms with E-state index < -0.39 is 5.97 Å². The predicted molar refractivity (Wildman–Crippen MR) is 71.5 cm³/mol. The lowest BCUT2D eigenvalue weighted by Crippen LogP contribution is -2.02. The first-order chi connectivity index (χ1) is 8.95. The average Bonchev–Trinajstić information content (AvgIpc) is 2.66. The summed E-state index contributed by atoms with van der Waals surface area (Å²) in [5.41, 5.74) is 3.29. The SMILES string of the molecule is Cc1cc(C)cc(-n2nc(CCC(=O)O)nc2C)c1. The molecule has 19 heavy (non-hydrogen) atoms. The van der Waals surface area contributed by atoms with Gasteiger partial charge in [-0.3, -0.25) is 4.79 Å². The maximum Gasteiger partial charge on any atom is 0.303 e. The predicted octanol–water partition coefficient (Wildman–Crippen LogP) is 2.21. The number of carboxylic acid groups (broad SMARTS) is 1. The largest absolute Gasteiger partial charge is 0.481 e. The molecule has 5 heteroatoms. The van der Waals surface area contributed by atoms with Gasteiger partial charge in [-0.15, -0.1) is 0 Å². The second kappa shape index (κ2) is 5.22. The molecule has 1 heterocycles. The van der Waals surface area contributed by atoms with Crippen molar-refractivity contribution in [3.05, 3.63) is 41.0 Å². The summed E-state index contributed by atoms with van der Waals surface area (Å²) in [4.78, 5) is 14.9. The summed E-state index contributed by atoms with van der Waals surface area (Å²) in [6, 6.07) is 6.17. The van der Waals surface area contributed by atoms with Crippen molar-refractivity contribution >= 4 is 5.97 Å². The molecule has 0 aliphatic heterocycles. The fourth-order valence-electron chi connectivity index (χ4n) is 2.09. The molecule has 0 amide bonds. The van der Waals surface area contributed by atoms with E-state index in [-0.39, 0.29) is 6.42 Å². The molecule has 0 radical (unpaired) electrons. The van der Waals surface area contributed by atoms with E-state index >= 15 is 0 Å². The molecule has 0 aliphatic carbocycles. The smallest absolute Gasteiger partial charge is 0.303 e. The van der Waals surface area contributed by atoms with Crippen LogP contribution in [0.25, 0.3) is 5.69 Å².